The van der Waals surface area contributed by atoms with E-state index in [0.717, 1.165) is 12.2 Å². The number of hydrogen-bond donors (Lipinski definition) is 1. The van der Waals surface area contributed by atoms with E-state index in [1.807, 2.05) is 12.1 Å². The lowest BCUT2D eigenvalue weighted by Crippen LogP contribution is -2.29. The Hall–Kier alpha value is -0.513. The zero-order chi connectivity index (χ0) is 13.1. The van der Waals surface area contributed by atoms with E-state index < -0.39 is 8.32 Å². The molecule has 2 nitrogen and oxygen atoms in total. The molecule has 0 spiro atoms. The normalized spacial score (nSPS) is 14.6. The van der Waals surface area contributed by atoms with E-state index in [1.54, 1.807) is 0 Å². The zero-order valence-electron chi connectivity index (χ0n) is 12.1. The van der Waals surface area contributed by atoms with E-state index in [1.165, 1.54) is 5.56 Å². The highest BCUT2D eigenvalue weighted by Gasteiger charge is 2.17. The number of nitrogens with two attached hydrogens (primary N) is 1. The Labute approximate surface area is 118 Å². The van der Waals surface area contributed by atoms with Crippen LogP contribution < -0.4 is 10.2 Å². The number of benzene rings is 1. The van der Waals surface area contributed by atoms with Crippen molar-refractivity contribution in [2.75, 3.05) is 0 Å². The molecule has 1 rings (SSSR count). The molecule has 0 heterocycles. The minimum Gasteiger partial charge on any atom is -0.544 e. The Morgan fingerprint density at radius 3 is 2.06 bits per heavy atom. The predicted octanol–water partition coefficient (Wildman–Crippen LogP) is 4.37. The SMILES string of the molecule is CCC(C)[C@H](N)c1ccc(O[Si](C)(C)C)cc1.Cl. The molecule has 4 heteroatoms. The minimum atomic E-state index is -1.50. The summed E-state index contributed by atoms with van der Waals surface area (Å²) in [7, 11) is -1.50. The van der Waals surface area contributed by atoms with Crippen molar-refractivity contribution in [1.82, 2.24) is 0 Å². The van der Waals surface area contributed by atoms with Gasteiger partial charge in [0.1, 0.15) is 5.75 Å². The van der Waals surface area contributed by atoms with E-state index in [9.17, 15) is 0 Å². The Balaban J connectivity index is 0.00000289. The highest BCUT2D eigenvalue weighted by Crippen LogP contribution is 2.24. The molecule has 104 valence electrons. The van der Waals surface area contributed by atoms with Crippen molar-refractivity contribution < 1.29 is 4.43 Å². The molecule has 1 aromatic rings. The van der Waals surface area contributed by atoms with Gasteiger partial charge in [0.2, 0.25) is 8.32 Å². The molecule has 18 heavy (non-hydrogen) atoms. The fourth-order valence-corrected chi connectivity index (χ4v) is 2.54. The van der Waals surface area contributed by atoms with Crippen molar-refractivity contribution in [2.24, 2.45) is 11.7 Å². The van der Waals surface area contributed by atoms with Gasteiger partial charge in [-0.15, -0.1) is 12.4 Å². The van der Waals surface area contributed by atoms with Crippen LogP contribution in [0.4, 0.5) is 0 Å². The van der Waals surface area contributed by atoms with E-state index in [0.29, 0.717) is 5.92 Å². The highest BCUT2D eigenvalue weighted by molar-refractivity contribution is 6.70. The molecule has 0 aromatic heterocycles. The molecule has 0 fully saturated rings. The van der Waals surface area contributed by atoms with Crippen LogP contribution in [0.1, 0.15) is 31.9 Å². The van der Waals surface area contributed by atoms with Crippen molar-refractivity contribution in [2.45, 2.75) is 46.0 Å². The van der Waals surface area contributed by atoms with E-state index >= 15 is 0 Å². The molecule has 0 radical (unpaired) electrons. The summed E-state index contributed by atoms with van der Waals surface area (Å²) in [6.07, 6.45) is 1.11. The molecular weight excluding hydrogens is 262 g/mol. The predicted molar refractivity (Wildman–Crippen MR) is 84.0 cm³/mol. The van der Waals surface area contributed by atoms with Crippen LogP contribution in [0.3, 0.4) is 0 Å². The molecule has 2 atom stereocenters. The Morgan fingerprint density at radius 2 is 1.67 bits per heavy atom. The van der Waals surface area contributed by atoms with Crippen LogP contribution in [0.2, 0.25) is 19.6 Å². The quantitative estimate of drug-likeness (QED) is 0.816. The van der Waals surface area contributed by atoms with Crippen LogP contribution in [0.5, 0.6) is 5.75 Å². The zero-order valence-corrected chi connectivity index (χ0v) is 13.9. The fourth-order valence-electron chi connectivity index (χ4n) is 1.69. The first-order chi connectivity index (χ1) is 7.83. The van der Waals surface area contributed by atoms with Gasteiger partial charge in [-0.3, -0.25) is 0 Å². The van der Waals surface area contributed by atoms with Crippen LogP contribution >= 0.6 is 12.4 Å². The molecule has 0 saturated carbocycles. The molecule has 0 aliphatic carbocycles. The summed E-state index contributed by atoms with van der Waals surface area (Å²) in [6, 6.07) is 8.38. The van der Waals surface area contributed by atoms with Gasteiger partial charge in [-0.1, -0.05) is 32.4 Å². The lowest BCUT2D eigenvalue weighted by atomic mass is 9.93. The number of halogens is 1. The summed E-state index contributed by atoms with van der Waals surface area (Å²) in [5.41, 5.74) is 7.39. The fraction of sp³-hybridized carbons (Fsp3) is 0.571. The second-order valence-corrected chi connectivity index (χ2v) is 10.1. The summed E-state index contributed by atoms with van der Waals surface area (Å²) in [6.45, 7) is 10.9. The van der Waals surface area contributed by atoms with Crippen LogP contribution in [-0.2, 0) is 0 Å². The Kier molecular flexibility index (Phi) is 6.96. The van der Waals surface area contributed by atoms with Crippen LogP contribution in [-0.4, -0.2) is 8.32 Å². The van der Waals surface area contributed by atoms with Gasteiger partial charge in [-0.25, -0.2) is 0 Å². The van der Waals surface area contributed by atoms with Gasteiger partial charge >= 0.3 is 0 Å². The van der Waals surface area contributed by atoms with Crippen LogP contribution in [0.25, 0.3) is 0 Å². The molecule has 0 saturated heterocycles. The maximum absolute atomic E-state index is 6.19. The van der Waals surface area contributed by atoms with Gasteiger partial charge < -0.3 is 10.2 Å². The van der Waals surface area contributed by atoms with Crippen LogP contribution in [0.15, 0.2) is 24.3 Å². The first-order valence-electron chi connectivity index (χ1n) is 6.38. The van der Waals surface area contributed by atoms with Crippen LogP contribution in [0, 0.1) is 5.92 Å². The van der Waals surface area contributed by atoms with Gasteiger partial charge in [0.05, 0.1) is 0 Å². The van der Waals surface area contributed by atoms with Crippen molar-refractivity contribution >= 4 is 20.7 Å². The smallest absolute Gasteiger partial charge is 0.242 e. The van der Waals surface area contributed by atoms with Gasteiger partial charge in [0.25, 0.3) is 0 Å². The summed E-state index contributed by atoms with van der Waals surface area (Å²) in [4.78, 5) is 0. The lowest BCUT2D eigenvalue weighted by Gasteiger charge is -2.21. The molecule has 0 aliphatic heterocycles. The van der Waals surface area contributed by atoms with Crippen molar-refractivity contribution in [1.29, 1.82) is 0 Å². The second-order valence-electron chi connectivity index (χ2n) is 5.69. The van der Waals surface area contributed by atoms with Gasteiger partial charge in [0, 0.05) is 6.04 Å². The summed E-state index contributed by atoms with van der Waals surface area (Å²) >= 11 is 0. The van der Waals surface area contributed by atoms with Crippen molar-refractivity contribution in [3.05, 3.63) is 29.8 Å². The van der Waals surface area contributed by atoms with E-state index in [-0.39, 0.29) is 18.4 Å². The molecule has 0 bridgehead atoms. The standard InChI is InChI=1S/C14H25NOSi.ClH/c1-6-11(2)14(15)12-7-9-13(10-8-12)16-17(3,4)5;/h7-11,14H,6,15H2,1-5H3;1H/t11?,14-;/m0./s1. The third-order valence-electron chi connectivity index (χ3n) is 2.95. The van der Waals surface area contributed by atoms with Gasteiger partial charge in [-0.2, -0.15) is 0 Å². The average molecular weight is 288 g/mol. The molecule has 1 aromatic carbocycles. The Morgan fingerprint density at radius 1 is 1.17 bits per heavy atom. The summed E-state index contributed by atoms with van der Waals surface area (Å²) in [5, 5.41) is 0. The van der Waals surface area contributed by atoms with Gasteiger partial charge in [0.15, 0.2) is 0 Å². The molecule has 0 aliphatic rings. The number of hydrogen-bond acceptors (Lipinski definition) is 2. The van der Waals surface area contributed by atoms with E-state index in [2.05, 4.69) is 45.6 Å². The molecule has 1 unspecified atom stereocenters. The van der Waals surface area contributed by atoms with Crippen molar-refractivity contribution in [3.8, 4) is 5.75 Å². The molecular formula is C14H26ClNOSi. The maximum Gasteiger partial charge on any atom is 0.242 e. The third kappa shape index (κ3) is 5.42. The first kappa shape index (κ1) is 17.5. The van der Waals surface area contributed by atoms with E-state index in [4.69, 9.17) is 10.2 Å². The lowest BCUT2D eigenvalue weighted by molar-refractivity contribution is 0.456. The average Bonchev–Trinajstić information content (AvgIpc) is 2.26. The monoisotopic (exact) mass is 287 g/mol. The Bertz CT molecular complexity index is 348. The summed E-state index contributed by atoms with van der Waals surface area (Å²) in [5.74, 6) is 1.48. The first-order valence-corrected chi connectivity index (χ1v) is 9.79. The van der Waals surface area contributed by atoms with Gasteiger partial charge in [-0.05, 0) is 43.3 Å². The molecule has 0 amide bonds. The number of rotatable bonds is 5. The second kappa shape index (κ2) is 7.17. The summed E-state index contributed by atoms with van der Waals surface area (Å²) < 4.78 is 5.92. The minimum absolute atomic E-state index is 0. The maximum atomic E-state index is 6.19. The topological polar surface area (TPSA) is 35.2 Å². The largest absolute Gasteiger partial charge is 0.544 e. The van der Waals surface area contributed by atoms with Crippen molar-refractivity contribution in [3.63, 3.8) is 0 Å². The highest BCUT2D eigenvalue weighted by atomic mass is 35.5. The molecule has 2 N–H and O–H groups in total. The third-order valence-corrected chi connectivity index (χ3v) is 3.79.